The topological polar surface area (TPSA) is 105 Å². The van der Waals surface area contributed by atoms with Crippen LogP contribution in [-0.2, 0) is 26.2 Å². The summed E-state index contributed by atoms with van der Waals surface area (Å²) in [5.41, 5.74) is 1.37. The van der Waals surface area contributed by atoms with Gasteiger partial charge in [0.25, 0.3) is 0 Å². The molecule has 0 bridgehead atoms. The van der Waals surface area contributed by atoms with Gasteiger partial charge >= 0.3 is 0 Å². The van der Waals surface area contributed by atoms with Crippen molar-refractivity contribution in [2.24, 2.45) is 0 Å². The summed E-state index contributed by atoms with van der Waals surface area (Å²) in [7, 11) is -3.61. The fourth-order valence-corrected chi connectivity index (χ4v) is 5.14. The molecule has 196 valence electrons. The first-order chi connectivity index (χ1) is 17.2. The van der Waals surface area contributed by atoms with E-state index in [-0.39, 0.29) is 31.2 Å². The number of carbonyl (C=O) groups excluding carboxylic acids is 2. The highest BCUT2D eigenvalue weighted by Gasteiger charge is 2.28. The largest absolute Gasteiger partial charge is 0.486 e. The molecule has 2 aromatic carbocycles. The lowest BCUT2D eigenvalue weighted by Crippen LogP contribution is -2.49. The van der Waals surface area contributed by atoms with Gasteiger partial charge in [-0.25, -0.2) is 8.42 Å². The van der Waals surface area contributed by atoms with Crippen molar-refractivity contribution in [3.05, 3.63) is 54.1 Å². The number of amides is 2. The second kappa shape index (κ2) is 12.6. The maximum Gasteiger partial charge on any atom is 0.242 e. The van der Waals surface area contributed by atoms with Gasteiger partial charge in [-0.2, -0.15) is 0 Å². The summed E-state index contributed by atoms with van der Waals surface area (Å²) in [5, 5.41) is 2.82. The van der Waals surface area contributed by atoms with Gasteiger partial charge in [-0.3, -0.25) is 13.9 Å². The van der Waals surface area contributed by atoms with Crippen LogP contribution in [0.1, 0.15) is 38.7 Å². The van der Waals surface area contributed by atoms with Crippen molar-refractivity contribution in [2.75, 3.05) is 36.9 Å². The van der Waals surface area contributed by atoms with Crippen molar-refractivity contribution < 1.29 is 27.5 Å². The van der Waals surface area contributed by atoms with Crippen LogP contribution in [0.5, 0.6) is 11.5 Å². The van der Waals surface area contributed by atoms with Gasteiger partial charge in [-0.1, -0.05) is 37.3 Å². The van der Waals surface area contributed by atoms with Gasteiger partial charge < -0.3 is 19.7 Å². The quantitative estimate of drug-likeness (QED) is 0.464. The van der Waals surface area contributed by atoms with Crippen LogP contribution in [0.4, 0.5) is 5.69 Å². The zero-order chi connectivity index (χ0) is 26.1. The molecule has 1 N–H and O–H groups in total. The van der Waals surface area contributed by atoms with Crippen LogP contribution in [0.3, 0.4) is 0 Å². The molecule has 10 heteroatoms. The average Bonchev–Trinajstić information content (AvgIpc) is 2.86. The van der Waals surface area contributed by atoms with Crippen molar-refractivity contribution in [3.8, 4) is 11.5 Å². The molecule has 1 heterocycles. The van der Waals surface area contributed by atoms with Crippen LogP contribution in [0.25, 0.3) is 0 Å². The van der Waals surface area contributed by atoms with Gasteiger partial charge in [0.1, 0.15) is 19.3 Å². The van der Waals surface area contributed by atoms with E-state index in [2.05, 4.69) is 5.32 Å². The fourth-order valence-electron chi connectivity index (χ4n) is 4.18. The minimum Gasteiger partial charge on any atom is -0.486 e. The van der Waals surface area contributed by atoms with Crippen molar-refractivity contribution in [1.29, 1.82) is 0 Å². The number of hydrogen-bond acceptors (Lipinski definition) is 6. The molecule has 0 saturated carbocycles. The third-order valence-corrected chi connectivity index (χ3v) is 7.09. The summed E-state index contributed by atoms with van der Waals surface area (Å²) in [6, 6.07) is 13.9. The van der Waals surface area contributed by atoms with Crippen LogP contribution >= 0.6 is 0 Å². The first-order valence-corrected chi connectivity index (χ1v) is 14.1. The van der Waals surface area contributed by atoms with Crippen LogP contribution < -0.4 is 19.1 Å². The highest BCUT2D eigenvalue weighted by molar-refractivity contribution is 7.92. The number of sulfonamides is 1. The summed E-state index contributed by atoms with van der Waals surface area (Å²) in [6.45, 7) is 5.43. The third-order valence-electron chi connectivity index (χ3n) is 5.90. The van der Waals surface area contributed by atoms with E-state index in [4.69, 9.17) is 9.47 Å². The first kappa shape index (κ1) is 27.3. The predicted octanol–water partition coefficient (Wildman–Crippen LogP) is 2.95. The maximum atomic E-state index is 13.4. The predicted molar refractivity (Wildman–Crippen MR) is 139 cm³/mol. The molecule has 0 fully saturated rings. The SMILES string of the molecule is CCNC(=O)[C@@H](CC)N(Cc1ccccc1)C(=O)CCCN(c1ccc2c(c1)OCCO2)S(C)(=O)=O. The zero-order valence-corrected chi connectivity index (χ0v) is 21.9. The Morgan fingerprint density at radius 3 is 2.36 bits per heavy atom. The van der Waals surface area contributed by atoms with Gasteiger partial charge in [-0.05, 0) is 37.5 Å². The molecule has 0 aromatic heterocycles. The van der Waals surface area contributed by atoms with Crippen LogP contribution in [0, 0.1) is 0 Å². The van der Waals surface area contributed by atoms with Gasteiger partial charge in [0.15, 0.2) is 11.5 Å². The van der Waals surface area contributed by atoms with Crippen molar-refractivity contribution in [2.45, 2.75) is 45.7 Å². The Kier molecular flexibility index (Phi) is 9.58. The summed E-state index contributed by atoms with van der Waals surface area (Å²) < 4.78 is 37.5. The van der Waals surface area contributed by atoms with E-state index < -0.39 is 16.1 Å². The van der Waals surface area contributed by atoms with E-state index >= 15 is 0 Å². The van der Waals surface area contributed by atoms with E-state index in [9.17, 15) is 18.0 Å². The number of fused-ring (bicyclic) bond motifs is 1. The van der Waals surface area contributed by atoms with Gasteiger partial charge in [0.05, 0.1) is 11.9 Å². The molecular formula is C26H35N3O6S. The Balaban J connectivity index is 1.74. The smallest absolute Gasteiger partial charge is 0.242 e. The Labute approximate surface area is 213 Å². The monoisotopic (exact) mass is 517 g/mol. The second-order valence-corrected chi connectivity index (χ2v) is 10.5. The molecule has 1 aliphatic heterocycles. The molecule has 36 heavy (non-hydrogen) atoms. The lowest BCUT2D eigenvalue weighted by molar-refractivity contribution is -0.141. The third kappa shape index (κ3) is 7.13. The lowest BCUT2D eigenvalue weighted by atomic mass is 10.1. The van der Waals surface area contributed by atoms with E-state index in [0.29, 0.717) is 49.9 Å². The highest BCUT2D eigenvalue weighted by Crippen LogP contribution is 2.34. The van der Waals surface area contributed by atoms with Crippen molar-refractivity contribution >= 4 is 27.5 Å². The highest BCUT2D eigenvalue weighted by atomic mass is 32.2. The standard InChI is InChI=1S/C26H35N3O6S/c1-4-22(26(31)27-5-2)28(19-20-10-7-6-8-11-20)25(30)12-9-15-29(36(3,32)33)21-13-14-23-24(18-21)35-17-16-34-23/h6-8,10-11,13-14,18,22H,4-5,9,12,15-17,19H2,1-3H3,(H,27,31)/t22-/m1/s1. The summed E-state index contributed by atoms with van der Waals surface area (Å²) in [5.74, 6) is 0.664. The van der Waals surface area contributed by atoms with Crippen molar-refractivity contribution in [1.82, 2.24) is 10.2 Å². The Morgan fingerprint density at radius 2 is 1.72 bits per heavy atom. The molecular weight excluding hydrogens is 482 g/mol. The lowest BCUT2D eigenvalue weighted by Gasteiger charge is -2.31. The molecule has 0 saturated heterocycles. The molecule has 0 spiro atoms. The Bertz CT molecular complexity index is 1140. The summed E-state index contributed by atoms with van der Waals surface area (Å²) in [4.78, 5) is 27.7. The number of nitrogens with one attached hydrogen (secondary N) is 1. The van der Waals surface area contributed by atoms with Crippen LogP contribution in [0.2, 0.25) is 0 Å². The minimum absolute atomic E-state index is 0.0965. The first-order valence-electron chi connectivity index (χ1n) is 12.2. The number of likely N-dealkylation sites (N-methyl/N-ethyl adjacent to an activating group) is 1. The molecule has 3 rings (SSSR count). The molecule has 2 aromatic rings. The fraction of sp³-hybridized carbons (Fsp3) is 0.462. The van der Waals surface area contributed by atoms with E-state index in [0.717, 1.165) is 11.8 Å². The molecule has 2 amide bonds. The molecule has 1 aliphatic rings. The molecule has 0 unspecified atom stereocenters. The molecule has 9 nitrogen and oxygen atoms in total. The minimum atomic E-state index is -3.61. The second-order valence-electron chi connectivity index (χ2n) is 8.59. The van der Waals surface area contributed by atoms with Gasteiger partial charge in [0.2, 0.25) is 21.8 Å². The summed E-state index contributed by atoms with van der Waals surface area (Å²) in [6.07, 6.45) is 1.99. The summed E-state index contributed by atoms with van der Waals surface area (Å²) >= 11 is 0. The van der Waals surface area contributed by atoms with Crippen molar-refractivity contribution in [3.63, 3.8) is 0 Å². The number of anilines is 1. The molecule has 0 aliphatic carbocycles. The number of rotatable bonds is 12. The number of nitrogens with zero attached hydrogens (tertiary/aromatic N) is 2. The number of hydrogen-bond donors (Lipinski definition) is 1. The van der Waals surface area contributed by atoms with Gasteiger partial charge in [0, 0.05) is 32.1 Å². The number of carbonyl (C=O) groups is 2. The van der Waals surface area contributed by atoms with Crippen LogP contribution in [0.15, 0.2) is 48.5 Å². The molecule has 0 radical (unpaired) electrons. The van der Waals surface area contributed by atoms with E-state index in [1.807, 2.05) is 44.2 Å². The van der Waals surface area contributed by atoms with Gasteiger partial charge in [-0.15, -0.1) is 0 Å². The number of benzene rings is 2. The normalized spacial score (nSPS) is 13.5. The Morgan fingerprint density at radius 1 is 1.03 bits per heavy atom. The Hall–Kier alpha value is -3.27. The van der Waals surface area contributed by atoms with Crippen LogP contribution in [-0.4, -0.2) is 63.7 Å². The average molecular weight is 518 g/mol. The van der Waals surface area contributed by atoms with E-state index in [1.165, 1.54) is 4.31 Å². The zero-order valence-electron chi connectivity index (χ0n) is 21.1. The maximum absolute atomic E-state index is 13.4. The van der Waals surface area contributed by atoms with E-state index in [1.54, 1.807) is 23.1 Å². The number of ether oxygens (including phenoxy) is 2. The molecule has 1 atom stereocenters.